The van der Waals surface area contributed by atoms with Crippen LogP contribution >= 0.6 is 11.3 Å². The molecule has 7 nitrogen and oxygen atoms in total. The Bertz CT molecular complexity index is 999. The van der Waals surface area contributed by atoms with Crippen LogP contribution in [0.25, 0.3) is 26.9 Å². The summed E-state index contributed by atoms with van der Waals surface area (Å²) in [5.74, 6) is 1.52. The van der Waals surface area contributed by atoms with Crippen LogP contribution in [0.15, 0.2) is 36.7 Å². The van der Waals surface area contributed by atoms with Gasteiger partial charge in [0.05, 0.1) is 17.9 Å². The van der Waals surface area contributed by atoms with Crippen molar-refractivity contribution in [2.75, 3.05) is 0 Å². The average Bonchev–Trinajstić information content (AvgIpc) is 3.21. The first-order valence-corrected chi connectivity index (χ1v) is 8.40. The summed E-state index contributed by atoms with van der Waals surface area (Å²) < 4.78 is 9.25. The summed E-state index contributed by atoms with van der Waals surface area (Å²) in [4.78, 5) is 0.749. The van der Waals surface area contributed by atoms with Crippen molar-refractivity contribution < 1.29 is 4.74 Å². The van der Waals surface area contributed by atoms with Gasteiger partial charge in [0.2, 0.25) is 4.96 Å². The maximum Gasteiger partial charge on any atom is 0.235 e. The molecule has 0 amide bonds. The SMILES string of the molecule is CC(C)Oc1cccc(-c2nn3c(-c4cnn(C)c4)nnc3s2)c1. The van der Waals surface area contributed by atoms with Gasteiger partial charge in [-0.2, -0.15) is 14.7 Å². The van der Waals surface area contributed by atoms with E-state index in [0.29, 0.717) is 5.82 Å². The van der Waals surface area contributed by atoms with Gasteiger partial charge in [-0.05, 0) is 26.0 Å². The highest BCUT2D eigenvalue weighted by Crippen LogP contribution is 2.30. The number of ether oxygens (including phenoxy) is 1. The third-order valence-corrected chi connectivity index (χ3v) is 4.35. The molecule has 0 saturated carbocycles. The van der Waals surface area contributed by atoms with E-state index in [0.717, 1.165) is 26.8 Å². The lowest BCUT2D eigenvalue weighted by Gasteiger charge is -2.09. The smallest absolute Gasteiger partial charge is 0.235 e. The van der Waals surface area contributed by atoms with Crippen LogP contribution in [0, 0.1) is 0 Å². The van der Waals surface area contributed by atoms with Gasteiger partial charge in [0.25, 0.3) is 0 Å². The molecule has 3 heterocycles. The largest absolute Gasteiger partial charge is 0.491 e. The van der Waals surface area contributed by atoms with Gasteiger partial charge >= 0.3 is 0 Å². The molecular weight excluding hydrogens is 324 g/mol. The Morgan fingerprint density at radius 2 is 2.04 bits per heavy atom. The van der Waals surface area contributed by atoms with E-state index in [9.17, 15) is 0 Å². The van der Waals surface area contributed by atoms with E-state index in [1.807, 2.05) is 51.4 Å². The topological polar surface area (TPSA) is 70.1 Å². The number of nitrogens with zero attached hydrogens (tertiary/aromatic N) is 6. The highest BCUT2D eigenvalue weighted by molar-refractivity contribution is 7.19. The van der Waals surface area contributed by atoms with Crippen LogP contribution in [0.5, 0.6) is 5.75 Å². The lowest BCUT2D eigenvalue weighted by molar-refractivity contribution is 0.242. The highest BCUT2D eigenvalue weighted by Gasteiger charge is 2.15. The Labute approximate surface area is 142 Å². The lowest BCUT2D eigenvalue weighted by atomic mass is 10.2. The summed E-state index contributed by atoms with van der Waals surface area (Å²) >= 11 is 1.50. The van der Waals surface area contributed by atoms with E-state index in [1.54, 1.807) is 15.4 Å². The van der Waals surface area contributed by atoms with E-state index in [2.05, 4.69) is 20.4 Å². The van der Waals surface area contributed by atoms with Crippen molar-refractivity contribution in [3.05, 3.63) is 36.7 Å². The molecule has 3 aromatic heterocycles. The Kier molecular flexibility index (Phi) is 3.53. The number of aromatic nitrogens is 6. The third-order valence-electron chi connectivity index (χ3n) is 3.41. The number of fused-ring (bicyclic) bond motifs is 1. The first kappa shape index (κ1) is 14.8. The van der Waals surface area contributed by atoms with Crippen molar-refractivity contribution in [1.29, 1.82) is 0 Å². The minimum atomic E-state index is 0.134. The Hall–Kier alpha value is -2.74. The number of rotatable bonds is 4. The maximum atomic E-state index is 5.76. The monoisotopic (exact) mass is 340 g/mol. The second kappa shape index (κ2) is 5.72. The summed E-state index contributed by atoms with van der Waals surface area (Å²) in [6, 6.07) is 7.93. The third kappa shape index (κ3) is 2.65. The van der Waals surface area contributed by atoms with Crippen molar-refractivity contribution in [2.24, 2.45) is 7.05 Å². The van der Waals surface area contributed by atoms with Gasteiger partial charge in [0, 0.05) is 18.8 Å². The predicted octanol–water partition coefficient (Wildman–Crippen LogP) is 3.04. The zero-order valence-corrected chi connectivity index (χ0v) is 14.4. The second-order valence-corrected chi connectivity index (χ2v) is 6.68. The molecule has 0 aliphatic heterocycles. The zero-order chi connectivity index (χ0) is 16.7. The van der Waals surface area contributed by atoms with E-state index in [1.165, 1.54) is 11.3 Å². The first-order chi connectivity index (χ1) is 11.6. The number of benzene rings is 1. The molecule has 0 fully saturated rings. The van der Waals surface area contributed by atoms with Gasteiger partial charge < -0.3 is 4.74 Å². The molecule has 0 aliphatic rings. The molecule has 0 atom stereocenters. The van der Waals surface area contributed by atoms with Crippen LogP contribution in [-0.4, -0.2) is 35.7 Å². The fourth-order valence-corrected chi connectivity index (χ4v) is 3.26. The van der Waals surface area contributed by atoms with Crippen LogP contribution in [0.2, 0.25) is 0 Å². The second-order valence-electron chi connectivity index (χ2n) is 5.72. The molecule has 0 aliphatic carbocycles. The van der Waals surface area contributed by atoms with E-state index in [4.69, 9.17) is 4.74 Å². The standard InChI is InChI=1S/C16H16N6OS/c1-10(2)23-13-6-4-5-11(7-13)15-20-22-14(18-19-16(22)24-15)12-8-17-21(3)9-12/h4-10H,1-3H3. The minimum Gasteiger partial charge on any atom is -0.491 e. The highest BCUT2D eigenvalue weighted by atomic mass is 32.1. The fourth-order valence-electron chi connectivity index (χ4n) is 2.42. The Balaban J connectivity index is 1.75. The number of hydrogen-bond donors (Lipinski definition) is 0. The summed E-state index contributed by atoms with van der Waals surface area (Å²) in [6.07, 6.45) is 3.79. The molecule has 0 unspecified atom stereocenters. The van der Waals surface area contributed by atoms with Crippen molar-refractivity contribution >= 4 is 16.3 Å². The summed E-state index contributed by atoms with van der Waals surface area (Å²) in [5, 5.41) is 18.2. The molecule has 0 N–H and O–H groups in total. The Morgan fingerprint density at radius 3 is 2.79 bits per heavy atom. The molecular formula is C16H16N6OS. The molecule has 24 heavy (non-hydrogen) atoms. The van der Waals surface area contributed by atoms with Crippen LogP contribution in [0.1, 0.15) is 13.8 Å². The molecule has 0 bridgehead atoms. The zero-order valence-electron chi connectivity index (χ0n) is 13.5. The van der Waals surface area contributed by atoms with Gasteiger partial charge in [-0.25, -0.2) is 0 Å². The predicted molar refractivity (Wildman–Crippen MR) is 92.1 cm³/mol. The summed E-state index contributed by atoms with van der Waals surface area (Å²) in [7, 11) is 1.87. The van der Waals surface area contributed by atoms with Crippen molar-refractivity contribution in [2.45, 2.75) is 20.0 Å². The van der Waals surface area contributed by atoms with E-state index in [-0.39, 0.29) is 6.10 Å². The van der Waals surface area contributed by atoms with Gasteiger partial charge in [-0.15, -0.1) is 10.2 Å². The van der Waals surface area contributed by atoms with Crippen LogP contribution < -0.4 is 4.74 Å². The molecule has 0 radical (unpaired) electrons. The minimum absolute atomic E-state index is 0.134. The van der Waals surface area contributed by atoms with Crippen LogP contribution in [0.4, 0.5) is 0 Å². The number of hydrogen-bond acceptors (Lipinski definition) is 6. The van der Waals surface area contributed by atoms with Crippen LogP contribution in [-0.2, 0) is 7.05 Å². The lowest BCUT2D eigenvalue weighted by Crippen LogP contribution is -2.05. The van der Waals surface area contributed by atoms with Gasteiger partial charge in [0.15, 0.2) is 5.82 Å². The molecule has 4 rings (SSSR count). The normalized spacial score (nSPS) is 11.5. The number of aryl methyl sites for hydroxylation is 1. The van der Waals surface area contributed by atoms with E-state index >= 15 is 0 Å². The molecule has 122 valence electrons. The molecule has 0 spiro atoms. The van der Waals surface area contributed by atoms with Crippen molar-refractivity contribution in [3.8, 4) is 27.7 Å². The van der Waals surface area contributed by atoms with Gasteiger partial charge in [-0.1, -0.05) is 23.5 Å². The molecule has 0 saturated heterocycles. The first-order valence-electron chi connectivity index (χ1n) is 7.58. The molecule has 1 aromatic carbocycles. The maximum absolute atomic E-state index is 5.76. The summed E-state index contributed by atoms with van der Waals surface area (Å²) in [6.45, 7) is 4.02. The van der Waals surface area contributed by atoms with Crippen molar-refractivity contribution in [3.63, 3.8) is 0 Å². The molecule has 8 heteroatoms. The van der Waals surface area contributed by atoms with Crippen LogP contribution in [0.3, 0.4) is 0 Å². The van der Waals surface area contributed by atoms with Gasteiger partial charge in [0.1, 0.15) is 10.8 Å². The van der Waals surface area contributed by atoms with Crippen molar-refractivity contribution in [1.82, 2.24) is 29.6 Å². The van der Waals surface area contributed by atoms with Gasteiger partial charge in [-0.3, -0.25) is 4.68 Å². The quantitative estimate of drug-likeness (QED) is 0.571. The summed E-state index contributed by atoms with van der Waals surface area (Å²) in [5.41, 5.74) is 1.89. The average molecular weight is 340 g/mol. The Morgan fingerprint density at radius 1 is 1.17 bits per heavy atom. The fraction of sp³-hybridized carbons (Fsp3) is 0.250. The van der Waals surface area contributed by atoms with E-state index < -0.39 is 0 Å². The molecule has 4 aromatic rings.